The van der Waals surface area contributed by atoms with Gasteiger partial charge in [0, 0.05) is 32.2 Å². The maximum Gasteiger partial charge on any atom is 0.255 e. The van der Waals surface area contributed by atoms with Crippen LogP contribution in [-0.4, -0.2) is 50.8 Å². The number of carbonyl (C=O) groups excluding carboxylic acids is 1. The number of para-hydroxylation sites is 1. The molecule has 1 fully saturated rings. The lowest BCUT2D eigenvalue weighted by molar-refractivity contribution is 0.0784. The van der Waals surface area contributed by atoms with E-state index in [2.05, 4.69) is 0 Å². The van der Waals surface area contributed by atoms with E-state index in [0.29, 0.717) is 25.4 Å². The molecule has 0 saturated carbocycles. The van der Waals surface area contributed by atoms with E-state index in [4.69, 9.17) is 16.3 Å². The number of amides is 1. The minimum atomic E-state index is -3.67. The number of nitrogens with zero attached hydrogens (tertiary/aromatic N) is 2. The Balaban J connectivity index is 1.86. The van der Waals surface area contributed by atoms with E-state index in [1.54, 1.807) is 14.2 Å². The zero-order valence-electron chi connectivity index (χ0n) is 17.3. The van der Waals surface area contributed by atoms with Crippen LogP contribution < -0.4 is 4.74 Å². The topological polar surface area (TPSA) is 66.9 Å². The summed E-state index contributed by atoms with van der Waals surface area (Å²) in [6, 6.07) is 11.8. The summed E-state index contributed by atoms with van der Waals surface area (Å²) >= 11 is 6.28. The number of ether oxygens (including phenoxy) is 1. The smallest absolute Gasteiger partial charge is 0.255 e. The fourth-order valence-electron chi connectivity index (χ4n) is 3.63. The number of methoxy groups -OCH3 is 1. The zero-order valence-corrected chi connectivity index (χ0v) is 18.9. The fraction of sp³-hybridized carbons (Fsp3) is 0.409. The van der Waals surface area contributed by atoms with Gasteiger partial charge >= 0.3 is 0 Å². The third-order valence-corrected chi connectivity index (χ3v) is 7.54. The second kappa shape index (κ2) is 9.81. The van der Waals surface area contributed by atoms with Crippen LogP contribution in [0, 0.1) is 0 Å². The van der Waals surface area contributed by atoms with Crippen LogP contribution in [-0.2, 0) is 16.6 Å². The highest BCUT2D eigenvalue weighted by atomic mass is 35.5. The molecule has 1 amide bonds. The van der Waals surface area contributed by atoms with E-state index < -0.39 is 10.0 Å². The maximum atomic E-state index is 13.1. The van der Waals surface area contributed by atoms with Gasteiger partial charge in [0.05, 0.1) is 22.6 Å². The molecular formula is C22H27ClN2O4S. The molecule has 0 bridgehead atoms. The molecule has 0 N–H and O–H groups in total. The minimum absolute atomic E-state index is 0.0999. The van der Waals surface area contributed by atoms with Crippen molar-refractivity contribution < 1.29 is 17.9 Å². The molecule has 0 aromatic heterocycles. The summed E-state index contributed by atoms with van der Waals surface area (Å²) in [6.07, 6.45) is 3.76. The van der Waals surface area contributed by atoms with Crippen molar-refractivity contribution in [3.05, 3.63) is 58.6 Å². The van der Waals surface area contributed by atoms with Crippen molar-refractivity contribution in [1.82, 2.24) is 9.21 Å². The minimum Gasteiger partial charge on any atom is -0.496 e. The van der Waals surface area contributed by atoms with Crippen molar-refractivity contribution >= 4 is 27.5 Å². The molecule has 0 atom stereocenters. The molecule has 0 radical (unpaired) electrons. The highest BCUT2D eigenvalue weighted by Crippen LogP contribution is 2.27. The Bertz CT molecular complexity index is 1000. The van der Waals surface area contributed by atoms with E-state index in [-0.39, 0.29) is 21.4 Å². The van der Waals surface area contributed by atoms with Crippen molar-refractivity contribution in [1.29, 1.82) is 0 Å². The summed E-state index contributed by atoms with van der Waals surface area (Å²) in [4.78, 5) is 14.7. The predicted octanol–water partition coefficient (Wildman–Crippen LogP) is 4.19. The second-order valence-corrected chi connectivity index (χ2v) is 9.78. The molecule has 0 unspecified atom stereocenters. The van der Waals surface area contributed by atoms with Crippen molar-refractivity contribution in [3.63, 3.8) is 0 Å². The molecule has 8 heteroatoms. The summed E-state index contributed by atoms with van der Waals surface area (Å²) in [7, 11) is -0.438. The largest absolute Gasteiger partial charge is 0.496 e. The lowest BCUT2D eigenvalue weighted by Gasteiger charge is -2.22. The number of halogens is 1. The van der Waals surface area contributed by atoms with E-state index >= 15 is 0 Å². The molecule has 1 aliphatic rings. The molecule has 1 aliphatic heterocycles. The SMILES string of the molecule is COc1ccccc1CN(C)C(=O)c1cc(S(=O)(=O)N2CCCCCC2)ccc1Cl. The molecule has 1 heterocycles. The van der Waals surface area contributed by atoms with Gasteiger partial charge in [-0.2, -0.15) is 4.31 Å². The molecular weight excluding hydrogens is 424 g/mol. The standard InChI is InChI=1S/C22H27ClN2O4S/c1-24(16-17-9-5-6-10-21(17)29-2)22(26)19-15-18(11-12-20(19)23)30(27,28)25-13-7-3-4-8-14-25/h5-6,9-12,15H,3-4,7-8,13-14,16H2,1-2H3. The molecule has 0 spiro atoms. The van der Waals surface area contributed by atoms with Gasteiger partial charge in [0.25, 0.3) is 5.91 Å². The average Bonchev–Trinajstić information content (AvgIpc) is 3.04. The van der Waals surface area contributed by atoms with Gasteiger partial charge in [0.1, 0.15) is 5.75 Å². The normalized spacial score (nSPS) is 15.4. The van der Waals surface area contributed by atoms with Crippen molar-refractivity contribution in [2.45, 2.75) is 37.1 Å². The summed E-state index contributed by atoms with van der Waals surface area (Å²) < 4.78 is 33.1. The highest BCUT2D eigenvalue weighted by molar-refractivity contribution is 7.89. The maximum absolute atomic E-state index is 13.1. The third-order valence-electron chi connectivity index (χ3n) is 5.32. The number of carbonyl (C=O) groups is 1. The quantitative estimate of drug-likeness (QED) is 0.662. The van der Waals surface area contributed by atoms with Crippen LogP contribution >= 0.6 is 11.6 Å². The lowest BCUT2D eigenvalue weighted by Crippen LogP contribution is -2.32. The van der Waals surface area contributed by atoms with Gasteiger partial charge in [-0.3, -0.25) is 4.79 Å². The number of rotatable bonds is 6. The van der Waals surface area contributed by atoms with Crippen LogP contribution in [0.1, 0.15) is 41.6 Å². The summed E-state index contributed by atoms with van der Waals surface area (Å²) in [6.45, 7) is 1.31. The van der Waals surface area contributed by atoms with Gasteiger partial charge in [-0.25, -0.2) is 8.42 Å². The Labute approximate surface area is 183 Å². The molecule has 2 aromatic rings. The monoisotopic (exact) mass is 450 g/mol. The Morgan fingerprint density at radius 2 is 1.77 bits per heavy atom. The first-order valence-electron chi connectivity index (χ1n) is 10.0. The molecule has 0 aliphatic carbocycles. The van der Waals surface area contributed by atoms with Crippen LogP contribution in [0.4, 0.5) is 0 Å². The first kappa shape index (κ1) is 22.6. The van der Waals surface area contributed by atoms with Crippen molar-refractivity contribution in [2.24, 2.45) is 0 Å². The van der Waals surface area contributed by atoms with Crippen LogP contribution in [0.5, 0.6) is 5.75 Å². The molecule has 3 rings (SSSR count). The molecule has 30 heavy (non-hydrogen) atoms. The summed E-state index contributed by atoms with van der Waals surface area (Å²) in [5.74, 6) is 0.333. The van der Waals surface area contributed by atoms with Gasteiger partial charge in [0.15, 0.2) is 0 Å². The predicted molar refractivity (Wildman–Crippen MR) is 117 cm³/mol. The van der Waals surface area contributed by atoms with Gasteiger partial charge < -0.3 is 9.64 Å². The molecule has 2 aromatic carbocycles. The lowest BCUT2D eigenvalue weighted by atomic mass is 10.1. The van der Waals surface area contributed by atoms with E-state index in [1.807, 2.05) is 24.3 Å². The Kier molecular flexibility index (Phi) is 7.39. The summed E-state index contributed by atoms with van der Waals surface area (Å²) in [5.41, 5.74) is 1.02. The van der Waals surface area contributed by atoms with Crippen LogP contribution in [0.15, 0.2) is 47.4 Å². The second-order valence-electron chi connectivity index (χ2n) is 7.43. The van der Waals surface area contributed by atoms with Gasteiger partial charge in [-0.05, 0) is 37.1 Å². The van der Waals surface area contributed by atoms with Crippen LogP contribution in [0.25, 0.3) is 0 Å². The Morgan fingerprint density at radius 1 is 1.10 bits per heavy atom. The first-order chi connectivity index (χ1) is 14.3. The fourth-order valence-corrected chi connectivity index (χ4v) is 5.37. The van der Waals surface area contributed by atoms with Gasteiger partial charge in [-0.15, -0.1) is 0 Å². The summed E-state index contributed by atoms with van der Waals surface area (Å²) in [5, 5.41) is 0.224. The van der Waals surface area contributed by atoms with E-state index in [0.717, 1.165) is 31.2 Å². The molecule has 1 saturated heterocycles. The average molecular weight is 451 g/mol. The van der Waals surface area contributed by atoms with Gasteiger partial charge in [-0.1, -0.05) is 42.6 Å². The van der Waals surface area contributed by atoms with E-state index in [9.17, 15) is 13.2 Å². The van der Waals surface area contributed by atoms with Crippen LogP contribution in [0.2, 0.25) is 5.02 Å². The number of hydrogen-bond acceptors (Lipinski definition) is 4. The van der Waals surface area contributed by atoms with Crippen molar-refractivity contribution in [3.8, 4) is 5.75 Å². The third kappa shape index (κ3) is 4.96. The number of sulfonamides is 1. The molecule has 6 nitrogen and oxygen atoms in total. The Hall–Kier alpha value is -2.09. The van der Waals surface area contributed by atoms with E-state index in [1.165, 1.54) is 27.4 Å². The number of hydrogen-bond donors (Lipinski definition) is 0. The first-order valence-corrected chi connectivity index (χ1v) is 11.8. The molecule has 162 valence electrons. The van der Waals surface area contributed by atoms with Crippen molar-refractivity contribution in [2.75, 3.05) is 27.2 Å². The zero-order chi connectivity index (χ0) is 21.7. The number of benzene rings is 2. The van der Waals surface area contributed by atoms with Crippen LogP contribution in [0.3, 0.4) is 0 Å². The highest BCUT2D eigenvalue weighted by Gasteiger charge is 2.27. The Morgan fingerprint density at radius 3 is 2.43 bits per heavy atom. The van der Waals surface area contributed by atoms with Gasteiger partial charge in [0.2, 0.25) is 10.0 Å².